The highest BCUT2D eigenvalue weighted by Crippen LogP contribution is 2.28. The topological polar surface area (TPSA) is 27.0 Å². The highest BCUT2D eigenvalue weighted by atomic mass is 35.5. The predicted molar refractivity (Wildman–Crippen MR) is 65.7 cm³/mol. The third kappa shape index (κ3) is 2.22. The molecule has 2 nitrogen and oxygen atoms in total. The van der Waals surface area contributed by atoms with Crippen LogP contribution in [0.5, 0.6) is 0 Å². The molecule has 0 unspecified atom stereocenters. The number of hydrogen-bond acceptors (Lipinski definition) is 3. The van der Waals surface area contributed by atoms with Crippen molar-refractivity contribution in [3.05, 3.63) is 28.8 Å². The quantitative estimate of drug-likeness (QED) is 0.753. The zero-order chi connectivity index (χ0) is 10.7. The Morgan fingerprint density at radius 3 is 2.73 bits per heavy atom. The molecule has 1 aromatic rings. The Bertz CT molecular complexity index is 394. The summed E-state index contributed by atoms with van der Waals surface area (Å²) in [5.41, 5.74) is 1.58. The number of benzene rings is 1. The highest BCUT2D eigenvalue weighted by Gasteiger charge is 2.15. The van der Waals surface area contributed by atoms with Gasteiger partial charge in [-0.25, -0.2) is 0 Å². The summed E-state index contributed by atoms with van der Waals surface area (Å²) in [6.07, 6.45) is 0. The van der Waals surface area contributed by atoms with Gasteiger partial charge in [-0.2, -0.15) is 17.0 Å². The minimum absolute atomic E-state index is 0.549. The maximum atomic E-state index is 9.06. The van der Waals surface area contributed by atoms with Crippen molar-refractivity contribution in [2.45, 2.75) is 0 Å². The fourth-order valence-electron chi connectivity index (χ4n) is 1.69. The van der Waals surface area contributed by atoms with Crippen LogP contribution < -0.4 is 4.90 Å². The summed E-state index contributed by atoms with van der Waals surface area (Å²) in [5, 5.41) is 9.61. The van der Waals surface area contributed by atoms with Crippen molar-refractivity contribution in [2.75, 3.05) is 29.5 Å². The molecule has 1 aromatic carbocycles. The Morgan fingerprint density at radius 2 is 2.07 bits per heavy atom. The largest absolute Gasteiger partial charge is 0.369 e. The number of halogens is 1. The Morgan fingerprint density at radius 1 is 1.33 bits per heavy atom. The van der Waals surface area contributed by atoms with Crippen molar-refractivity contribution in [3.8, 4) is 6.07 Å². The molecule has 0 atom stereocenters. The Hall–Kier alpha value is -0.850. The molecule has 15 heavy (non-hydrogen) atoms. The second-order valence-electron chi connectivity index (χ2n) is 3.35. The van der Waals surface area contributed by atoms with E-state index in [2.05, 4.69) is 11.0 Å². The lowest BCUT2D eigenvalue weighted by molar-refractivity contribution is 0.857. The summed E-state index contributed by atoms with van der Waals surface area (Å²) in [6.45, 7) is 2.00. The van der Waals surface area contributed by atoms with Gasteiger partial charge in [0.15, 0.2) is 0 Å². The average molecular weight is 239 g/mol. The fraction of sp³-hybridized carbons (Fsp3) is 0.364. The van der Waals surface area contributed by atoms with Crippen LogP contribution in [0, 0.1) is 11.3 Å². The van der Waals surface area contributed by atoms with E-state index < -0.39 is 0 Å². The van der Waals surface area contributed by atoms with Crippen LogP contribution in [0.25, 0.3) is 0 Å². The molecule has 0 bridgehead atoms. The molecule has 1 saturated heterocycles. The van der Waals surface area contributed by atoms with Gasteiger partial charge in [-0.15, -0.1) is 0 Å². The first-order valence-electron chi connectivity index (χ1n) is 4.84. The molecule has 0 aliphatic carbocycles. The van der Waals surface area contributed by atoms with Gasteiger partial charge < -0.3 is 4.90 Å². The number of anilines is 1. The van der Waals surface area contributed by atoms with E-state index in [-0.39, 0.29) is 0 Å². The van der Waals surface area contributed by atoms with E-state index in [1.807, 2.05) is 23.9 Å². The summed E-state index contributed by atoms with van der Waals surface area (Å²) < 4.78 is 0. The SMILES string of the molecule is N#Cc1c(Cl)cccc1N1CCSCC1. The maximum Gasteiger partial charge on any atom is 0.103 e. The van der Waals surface area contributed by atoms with Gasteiger partial charge in [0, 0.05) is 24.6 Å². The lowest BCUT2D eigenvalue weighted by atomic mass is 10.1. The number of nitrogens with zero attached hydrogens (tertiary/aromatic N) is 2. The van der Waals surface area contributed by atoms with Crippen molar-refractivity contribution in [2.24, 2.45) is 0 Å². The van der Waals surface area contributed by atoms with E-state index in [0.717, 1.165) is 30.3 Å². The number of rotatable bonds is 1. The van der Waals surface area contributed by atoms with Gasteiger partial charge in [-0.05, 0) is 12.1 Å². The minimum Gasteiger partial charge on any atom is -0.369 e. The molecule has 4 heteroatoms. The van der Waals surface area contributed by atoms with E-state index in [0.29, 0.717) is 10.6 Å². The molecule has 78 valence electrons. The zero-order valence-corrected chi connectivity index (χ0v) is 9.81. The Labute approximate surface area is 98.8 Å². The van der Waals surface area contributed by atoms with E-state index in [1.54, 1.807) is 6.07 Å². The van der Waals surface area contributed by atoms with Crippen molar-refractivity contribution in [3.63, 3.8) is 0 Å². The van der Waals surface area contributed by atoms with Crippen LogP contribution in [0.4, 0.5) is 5.69 Å². The molecule has 2 rings (SSSR count). The molecule has 1 aliphatic heterocycles. The summed E-state index contributed by atoms with van der Waals surface area (Å²) in [6, 6.07) is 7.82. The normalized spacial score (nSPS) is 16.1. The summed E-state index contributed by atoms with van der Waals surface area (Å²) >= 11 is 7.95. The van der Waals surface area contributed by atoms with Crippen molar-refractivity contribution in [1.29, 1.82) is 5.26 Å². The monoisotopic (exact) mass is 238 g/mol. The number of nitriles is 1. The third-order valence-corrected chi connectivity index (χ3v) is 3.71. The standard InChI is InChI=1S/C11H11ClN2S/c12-10-2-1-3-11(9(10)8-13)14-4-6-15-7-5-14/h1-3H,4-7H2. The maximum absolute atomic E-state index is 9.06. The van der Waals surface area contributed by atoms with Crippen LogP contribution in [-0.4, -0.2) is 24.6 Å². The van der Waals surface area contributed by atoms with Crippen molar-refractivity contribution < 1.29 is 0 Å². The predicted octanol–water partition coefficient (Wildman–Crippen LogP) is 2.76. The molecule has 0 radical (unpaired) electrons. The van der Waals surface area contributed by atoms with E-state index in [9.17, 15) is 0 Å². The van der Waals surface area contributed by atoms with E-state index >= 15 is 0 Å². The van der Waals surface area contributed by atoms with Crippen molar-refractivity contribution in [1.82, 2.24) is 0 Å². The summed E-state index contributed by atoms with van der Waals surface area (Å²) in [7, 11) is 0. The van der Waals surface area contributed by atoms with Crippen LogP contribution in [0.2, 0.25) is 5.02 Å². The van der Waals surface area contributed by atoms with E-state index in [1.165, 1.54) is 0 Å². The van der Waals surface area contributed by atoms with Crippen molar-refractivity contribution >= 4 is 29.1 Å². The summed E-state index contributed by atoms with van der Waals surface area (Å²) in [4.78, 5) is 2.24. The average Bonchev–Trinajstić information content (AvgIpc) is 2.30. The Balaban J connectivity index is 2.34. The zero-order valence-electron chi connectivity index (χ0n) is 8.24. The smallest absolute Gasteiger partial charge is 0.103 e. The second kappa shape index (κ2) is 4.78. The van der Waals surface area contributed by atoms with Crippen LogP contribution in [0.15, 0.2) is 18.2 Å². The number of hydrogen-bond donors (Lipinski definition) is 0. The van der Waals surface area contributed by atoms with Gasteiger partial charge in [0.2, 0.25) is 0 Å². The molecule has 0 saturated carbocycles. The molecule has 0 spiro atoms. The van der Waals surface area contributed by atoms with Gasteiger partial charge in [0.25, 0.3) is 0 Å². The molecule has 0 N–H and O–H groups in total. The molecule has 1 fully saturated rings. The summed E-state index contributed by atoms with van der Waals surface area (Å²) in [5.74, 6) is 2.24. The first kappa shape index (κ1) is 10.7. The fourth-order valence-corrected chi connectivity index (χ4v) is 2.81. The highest BCUT2D eigenvalue weighted by molar-refractivity contribution is 7.99. The van der Waals surface area contributed by atoms with Gasteiger partial charge in [0.05, 0.1) is 16.3 Å². The molecular weight excluding hydrogens is 228 g/mol. The molecular formula is C11H11ClN2S. The first-order chi connectivity index (χ1) is 7.33. The van der Waals surface area contributed by atoms with Crippen LogP contribution >= 0.6 is 23.4 Å². The van der Waals surface area contributed by atoms with Crippen LogP contribution in [-0.2, 0) is 0 Å². The number of thioether (sulfide) groups is 1. The second-order valence-corrected chi connectivity index (χ2v) is 4.98. The minimum atomic E-state index is 0.549. The molecule has 1 aliphatic rings. The van der Waals surface area contributed by atoms with E-state index in [4.69, 9.17) is 16.9 Å². The lowest BCUT2D eigenvalue weighted by Crippen LogP contribution is -2.32. The van der Waals surface area contributed by atoms with Gasteiger partial charge in [-0.1, -0.05) is 17.7 Å². The van der Waals surface area contributed by atoms with Gasteiger partial charge >= 0.3 is 0 Å². The molecule has 1 heterocycles. The third-order valence-electron chi connectivity index (χ3n) is 2.46. The molecule has 0 amide bonds. The first-order valence-corrected chi connectivity index (χ1v) is 6.37. The van der Waals surface area contributed by atoms with Crippen LogP contribution in [0.1, 0.15) is 5.56 Å². The van der Waals surface area contributed by atoms with Crippen LogP contribution in [0.3, 0.4) is 0 Å². The van der Waals surface area contributed by atoms with Gasteiger partial charge in [-0.3, -0.25) is 0 Å². The molecule has 0 aromatic heterocycles. The van der Waals surface area contributed by atoms with Gasteiger partial charge in [0.1, 0.15) is 6.07 Å². The lowest BCUT2D eigenvalue weighted by Gasteiger charge is -2.29. The Kier molecular flexibility index (Phi) is 3.40.